The van der Waals surface area contributed by atoms with E-state index in [1.54, 1.807) is 18.2 Å². The van der Waals surface area contributed by atoms with Gasteiger partial charge in [0.15, 0.2) is 13.1 Å². The van der Waals surface area contributed by atoms with Crippen LogP contribution < -0.4 is 15.5 Å². The van der Waals surface area contributed by atoms with E-state index in [0.717, 1.165) is 24.2 Å². The van der Waals surface area contributed by atoms with E-state index in [4.69, 9.17) is 0 Å². The summed E-state index contributed by atoms with van der Waals surface area (Å²) in [7, 11) is -3.55. The van der Waals surface area contributed by atoms with E-state index in [1.165, 1.54) is 10.4 Å². The van der Waals surface area contributed by atoms with Gasteiger partial charge in [-0.1, -0.05) is 12.5 Å². The van der Waals surface area contributed by atoms with E-state index >= 15 is 0 Å². The lowest BCUT2D eigenvalue weighted by atomic mass is 10.2. The molecule has 2 amide bonds. The molecule has 1 unspecified atom stereocenters. The lowest BCUT2D eigenvalue weighted by Gasteiger charge is -2.26. The molecule has 1 heterocycles. The fraction of sp³-hybridized carbons (Fsp3) is 0.579. The second-order valence-electron chi connectivity index (χ2n) is 6.95. The zero-order chi connectivity index (χ0) is 20.6. The molecule has 1 fully saturated rings. The van der Waals surface area contributed by atoms with Crippen LogP contribution in [0, 0.1) is 0 Å². The summed E-state index contributed by atoms with van der Waals surface area (Å²) >= 11 is 0. The predicted octanol–water partition coefficient (Wildman–Crippen LogP) is -0.159. The fourth-order valence-corrected chi connectivity index (χ4v) is 4.78. The number of rotatable bonds is 9. The van der Waals surface area contributed by atoms with Gasteiger partial charge in [-0.05, 0) is 44.9 Å². The normalized spacial score (nSPS) is 16.4. The minimum Gasteiger partial charge on any atom is -0.351 e. The van der Waals surface area contributed by atoms with Crippen LogP contribution in [0.15, 0.2) is 29.2 Å². The molecular weight excluding hydrogens is 380 g/mol. The Kier molecular flexibility index (Phi) is 8.40. The maximum atomic E-state index is 12.8. The van der Waals surface area contributed by atoms with Gasteiger partial charge in [0.2, 0.25) is 10.0 Å². The van der Waals surface area contributed by atoms with Crippen LogP contribution in [0.1, 0.15) is 33.1 Å². The van der Waals surface area contributed by atoms with E-state index < -0.39 is 10.0 Å². The lowest BCUT2D eigenvalue weighted by Crippen LogP contribution is -3.14. The first-order valence-corrected chi connectivity index (χ1v) is 11.3. The highest BCUT2D eigenvalue weighted by atomic mass is 32.2. The van der Waals surface area contributed by atoms with Gasteiger partial charge in [0.05, 0.1) is 11.4 Å². The van der Waals surface area contributed by atoms with Crippen molar-refractivity contribution in [1.82, 2.24) is 9.62 Å². The van der Waals surface area contributed by atoms with Crippen molar-refractivity contribution in [2.24, 2.45) is 0 Å². The molecule has 1 aliphatic heterocycles. The summed E-state index contributed by atoms with van der Waals surface area (Å²) in [6.45, 7) is 6.38. The molecule has 0 bridgehead atoms. The summed E-state index contributed by atoms with van der Waals surface area (Å²) in [4.78, 5) is 25.1. The van der Waals surface area contributed by atoms with Crippen LogP contribution in [0.5, 0.6) is 0 Å². The number of carbonyl (C=O) groups excluding carboxylic acids is 2. The number of likely N-dealkylation sites (N-methyl/N-ethyl adjacent to an activating group) is 2. The number of quaternary nitrogens is 1. The quantitative estimate of drug-likeness (QED) is 0.526. The molecule has 0 spiro atoms. The molecule has 9 heteroatoms. The van der Waals surface area contributed by atoms with Gasteiger partial charge >= 0.3 is 0 Å². The van der Waals surface area contributed by atoms with Gasteiger partial charge in [-0.25, -0.2) is 8.42 Å². The van der Waals surface area contributed by atoms with Gasteiger partial charge in [-0.2, -0.15) is 4.31 Å². The molecule has 0 radical (unpaired) electrons. The maximum absolute atomic E-state index is 12.8. The molecule has 1 aromatic rings. The summed E-state index contributed by atoms with van der Waals surface area (Å²) in [5.41, 5.74) is 0.441. The SMILES string of the molecule is CCNC(=O)C[NH+](CC)CC(=O)Nc1cccc(S(=O)(=O)N2CCCCC2)c1. The number of carbonyl (C=O) groups is 2. The predicted molar refractivity (Wildman–Crippen MR) is 108 cm³/mol. The molecule has 0 aromatic heterocycles. The largest absolute Gasteiger partial charge is 0.351 e. The van der Waals surface area contributed by atoms with Crippen molar-refractivity contribution in [3.8, 4) is 0 Å². The van der Waals surface area contributed by atoms with Crippen LogP contribution >= 0.6 is 0 Å². The zero-order valence-electron chi connectivity index (χ0n) is 16.7. The van der Waals surface area contributed by atoms with E-state index in [-0.39, 0.29) is 29.8 Å². The monoisotopic (exact) mass is 411 g/mol. The van der Waals surface area contributed by atoms with Crippen LogP contribution in [0.2, 0.25) is 0 Å². The number of sulfonamides is 1. The van der Waals surface area contributed by atoms with Crippen LogP contribution in [0.25, 0.3) is 0 Å². The molecule has 0 saturated carbocycles. The Hall–Kier alpha value is -1.97. The van der Waals surface area contributed by atoms with Gasteiger partial charge in [0.1, 0.15) is 0 Å². The number of anilines is 1. The molecule has 2 rings (SSSR count). The summed E-state index contributed by atoms with van der Waals surface area (Å²) in [5.74, 6) is -0.351. The summed E-state index contributed by atoms with van der Waals surface area (Å²) in [6.07, 6.45) is 2.79. The molecule has 3 N–H and O–H groups in total. The van der Waals surface area contributed by atoms with Crippen LogP contribution in [-0.4, -0.2) is 63.8 Å². The molecule has 0 aliphatic carbocycles. The number of piperidine rings is 1. The van der Waals surface area contributed by atoms with Crippen LogP contribution in [0.4, 0.5) is 5.69 Å². The Balaban J connectivity index is 2.01. The highest BCUT2D eigenvalue weighted by Gasteiger charge is 2.26. The number of nitrogens with zero attached hydrogens (tertiary/aromatic N) is 1. The second kappa shape index (κ2) is 10.5. The smallest absolute Gasteiger partial charge is 0.279 e. The third kappa shape index (κ3) is 6.29. The van der Waals surface area contributed by atoms with Gasteiger partial charge < -0.3 is 15.5 Å². The van der Waals surface area contributed by atoms with Crippen molar-refractivity contribution in [1.29, 1.82) is 0 Å². The fourth-order valence-electron chi connectivity index (χ4n) is 3.22. The Morgan fingerprint density at radius 1 is 1.07 bits per heavy atom. The first kappa shape index (κ1) is 22.3. The topological polar surface area (TPSA) is 100 Å². The van der Waals surface area contributed by atoms with Crippen molar-refractivity contribution in [2.75, 3.05) is 44.6 Å². The minimum absolute atomic E-state index is 0.0956. The highest BCUT2D eigenvalue weighted by Crippen LogP contribution is 2.22. The standard InChI is InChI=1S/C19H30N4O4S/c1-3-20-18(24)14-22(4-2)15-19(25)21-16-9-8-10-17(13-16)28(26,27)23-11-6-5-7-12-23/h8-10,13H,3-7,11-12,14-15H2,1-2H3,(H,20,24)(H,21,25)/p+1. The first-order valence-electron chi connectivity index (χ1n) is 9.87. The molecule has 8 nitrogen and oxygen atoms in total. The van der Waals surface area contributed by atoms with Gasteiger partial charge in [-0.3, -0.25) is 9.59 Å². The highest BCUT2D eigenvalue weighted by molar-refractivity contribution is 7.89. The van der Waals surface area contributed by atoms with E-state index in [2.05, 4.69) is 10.6 Å². The average Bonchev–Trinajstić information content (AvgIpc) is 2.68. The van der Waals surface area contributed by atoms with E-state index in [1.807, 2.05) is 13.8 Å². The zero-order valence-corrected chi connectivity index (χ0v) is 17.5. The maximum Gasteiger partial charge on any atom is 0.279 e. The Bertz CT molecular complexity index is 776. The van der Waals surface area contributed by atoms with Crippen molar-refractivity contribution in [3.05, 3.63) is 24.3 Å². The third-order valence-electron chi connectivity index (χ3n) is 4.77. The first-order chi connectivity index (χ1) is 13.4. The third-order valence-corrected chi connectivity index (χ3v) is 6.66. The van der Waals surface area contributed by atoms with Crippen molar-refractivity contribution < 1.29 is 22.9 Å². The Morgan fingerprint density at radius 3 is 2.39 bits per heavy atom. The van der Waals surface area contributed by atoms with Gasteiger partial charge in [0, 0.05) is 25.3 Å². The summed E-state index contributed by atoms with van der Waals surface area (Å²) < 4.78 is 27.1. The number of nitrogens with one attached hydrogen (secondary N) is 3. The number of benzene rings is 1. The lowest BCUT2D eigenvalue weighted by molar-refractivity contribution is -0.881. The Morgan fingerprint density at radius 2 is 1.75 bits per heavy atom. The number of hydrogen-bond donors (Lipinski definition) is 3. The minimum atomic E-state index is -3.55. The van der Waals surface area contributed by atoms with Crippen LogP contribution in [-0.2, 0) is 19.6 Å². The van der Waals surface area contributed by atoms with Gasteiger partial charge in [0.25, 0.3) is 11.8 Å². The van der Waals surface area contributed by atoms with Crippen LogP contribution in [0.3, 0.4) is 0 Å². The molecule has 1 saturated heterocycles. The van der Waals surface area contributed by atoms with E-state index in [0.29, 0.717) is 31.9 Å². The molecule has 1 atom stereocenters. The molecular formula is C19H31N4O4S+. The Labute approximate surface area is 167 Å². The van der Waals surface area contributed by atoms with Crippen molar-refractivity contribution in [3.63, 3.8) is 0 Å². The molecule has 1 aromatic carbocycles. The summed E-state index contributed by atoms with van der Waals surface area (Å²) in [6, 6.07) is 6.35. The van der Waals surface area contributed by atoms with Crippen molar-refractivity contribution in [2.45, 2.75) is 38.0 Å². The molecule has 1 aliphatic rings. The number of hydrogen-bond acceptors (Lipinski definition) is 4. The molecule has 156 valence electrons. The summed E-state index contributed by atoms with van der Waals surface area (Å²) in [5, 5.41) is 5.48. The van der Waals surface area contributed by atoms with E-state index in [9.17, 15) is 18.0 Å². The molecule has 28 heavy (non-hydrogen) atoms. The van der Waals surface area contributed by atoms with Gasteiger partial charge in [-0.15, -0.1) is 0 Å². The number of amides is 2. The van der Waals surface area contributed by atoms with Crippen molar-refractivity contribution >= 4 is 27.5 Å². The second-order valence-corrected chi connectivity index (χ2v) is 8.89. The average molecular weight is 412 g/mol.